The highest BCUT2D eigenvalue weighted by Crippen LogP contribution is 2.38. The standard InChI is InChI=1S/C18H18O5/c1-2-3-4-10-5-6-11-12(7-10)16-13(14(9-19)17(11)21)8-15(20)23-18(16)22/h5-7,9,15,20-21H,2-4,8H2,1H3. The van der Waals surface area contributed by atoms with E-state index in [2.05, 4.69) is 6.92 Å². The van der Waals surface area contributed by atoms with Crippen LogP contribution in [0.25, 0.3) is 10.8 Å². The van der Waals surface area contributed by atoms with Gasteiger partial charge in [0.25, 0.3) is 0 Å². The maximum atomic E-state index is 12.2. The van der Waals surface area contributed by atoms with E-state index >= 15 is 0 Å². The number of aromatic hydroxyl groups is 1. The number of aliphatic hydroxyl groups excluding tert-OH is 1. The first-order valence-corrected chi connectivity index (χ1v) is 7.71. The molecular formula is C18H18O5. The molecule has 120 valence electrons. The Labute approximate surface area is 133 Å². The quantitative estimate of drug-likeness (QED) is 0.669. The van der Waals surface area contributed by atoms with Gasteiger partial charge in [-0.1, -0.05) is 31.5 Å². The van der Waals surface area contributed by atoms with Crippen molar-refractivity contribution in [2.75, 3.05) is 0 Å². The van der Waals surface area contributed by atoms with E-state index in [0.717, 1.165) is 24.8 Å². The maximum absolute atomic E-state index is 12.2. The molecule has 2 aromatic carbocycles. The van der Waals surface area contributed by atoms with Crippen LogP contribution in [0.1, 0.15) is 51.6 Å². The van der Waals surface area contributed by atoms with Crippen molar-refractivity contribution >= 4 is 23.0 Å². The van der Waals surface area contributed by atoms with Crippen LogP contribution in [0.5, 0.6) is 5.75 Å². The van der Waals surface area contributed by atoms with Gasteiger partial charge in [-0.3, -0.25) is 4.79 Å². The number of cyclic esters (lactones) is 1. The van der Waals surface area contributed by atoms with Crippen molar-refractivity contribution in [1.82, 2.24) is 0 Å². The number of carbonyl (C=O) groups excluding carboxylic acids is 2. The molecule has 5 nitrogen and oxygen atoms in total. The molecular weight excluding hydrogens is 296 g/mol. The molecule has 0 fully saturated rings. The number of phenolic OH excluding ortho intramolecular Hbond substituents is 1. The molecule has 23 heavy (non-hydrogen) atoms. The Balaban J connectivity index is 2.30. The first kappa shape index (κ1) is 15.5. The number of hydrogen-bond donors (Lipinski definition) is 2. The van der Waals surface area contributed by atoms with Crippen LogP contribution in [-0.4, -0.2) is 28.8 Å². The second-order valence-electron chi connectivity index (χ2n) is 5.78. The molecule has 2 aromatic rings. The molecule has 0 bridgehead atoms. The molecule has 2 N–H and O–H groups in total. The molecule has 0 saturated carbocycles. The lowest BCUT2D eigenvalue weighted by molar-refractivity contribution is -0.0685. The third-order valence-corrected chi connectivity index (χ3v) is 4.25. The monoisotopic (exact) mass is 314 g/mol. The van der Waals surface area contributed by atoms with Crippen molar-refractivity contribution in [3.63, 3.8) is 0 Å². The predicted molar refractivity (Wildman–Crippen MR) is 84.7 cm³/mol. The second kappa shape index (κ2) is 6.01. The van der Waals surface area contributed by atoms with Gasteiger partial charge < -0.3 is 14.9 Å². The Kier molecular flexibility index (Phi) is 4.05. The fraction of sp³-hybridized carbons (Fsp3) is 0.333. The molecule has 1 aliphatic heterocycles. The lowest BCUT2D eigenvalue weighted by Crippen LogP contribution is -2.28. The smallest absolute Gasteiger partial charge is 0.341 e. The molecule has 1 unspecified atom stereocenters. The van der Waals surface area contributed by atoms with E-state index in [0.29, 0.717) is 22.6 Å². The van der Waals surface area contributed by atoms with Crippen molar-refractivity contribution in [3.8, 4) is 5.75 Å². The van der Waals surface area contributed by atoms with Crippen molar-refractivity contribution in [2.24, 2.45) is 0 Å². The highest BCUT2D eigenvalue weighted by atomic mass is 16.6. The first-order chi connectivity index (χ1) is 11.1. The molecule has 0 aromatic heterocycles. The molecule has 1 heterocycles. The summed E-state index contributed by atoms with van der Waals surface area (Å²) in [6.07, 6.45) is 2.17. The van der Waals surface area contributed by atoms with Crippen LogP contribution in [0.3, 0.4) is 0 Å². The molecule has 0 spiro atoms. The Morgan fingerprint density at radius 2 is 2.13 bits per heavy atom. The summed E-state index contributed by atoms with van der Waals surface area (Å²) in [5.74, 6) is -0.822. The minimum Gasteiger partial charge on any atom is -0.507 e. The number of ether oxygens (including phenoxy) is 1. The molecule has 1 aliphatic rings. The molecule has 3 rings (SSSR count). The number of aryl methyl sites for hydroxylation is 1. The summed E-state index contributed by atoms with van der Waals surface area (Å²) in [7, 11) is 0. The predicted octanol–water partition coefficient (Wildman–Crippen LogP) is 2.73. The van der Waals surface area contributed by atoms with Gasteiger partial charge >= 0.3 is 5.97 Å². The number of carbonyl (C=O) groups is 2. The van der Waals surface area contributed by atoms with E-state index in [-0.39, 0.29) is 23.3 Å². The van der Waals surface area contributed by atoms with Crippen LogP contribution in [0, 0.1) is 0 Å². The second-order valence-corrected chi connectivity index (χ2v) is 5.78. The fourth-order valence-corrected chi connectivity index (χ4v) is 3.10. The van der Waals surface area contributed by atoms with E-state index in [1.54, 1.807) is 6.07 Å². The third kappa shape index (κ3) is 2.57. The van der Waals surface area contributed by atoms with Crippen molar-refractivity contribution in [3.05, 3.63) is 40.5 Å². The summed E-state index contributed by atoms with van der Waals surface area (Å²) >= 11 is 0. The molecule has 1 atom stereocenters. The Morgan fingerprint density at radius 3 is 2.83 bits per heavy atom. The van der Waals surface area contributed by atoms with E-state index in [4.69, 9.17) is 4.74 Å². The molecule has 5 heteroatoms. The van der Waals surface area contributed by atoms with Crippen LogP contribution in [-0.2, 0) is 17.6 Å². The van der Waals surface area contributed by atoms with Gasteiger partial charge in [0.1, 0.15) is 5.75 Å². The van der Waals surface area contributed by atoms with Crippen molar-refractivity contribution in [1.29, 1.82) is 0 Å². The average Bonchev–Trinajstić information content (AvgIpc) is 2.52. The Bertz CT molecular complexity index is 794. The van der Waals surface area contributed by atoms with Crippen LogP contribution >= 0.6 is 0 Å². The minimum atomic E-state index is -1.30. The van der Waals surface area contributed by atoms with Gasteiger partial charge in [-0.25, -0.2) is 4.79 Å². The topological polar surface area (TPSA) is 83.8 Å². The lowest BCUT2D eigenvalue weighted by atomic mass is 9.89. The number of unbranched alkanes of at least 4 members (excludes halogenated alkanes) is 1. The summed E-state index contributed by atoms with van der Waals surface area (Å²) in [5.41, 5.74) is 1.72. The van der Waals surface area contributed by atoms with Crippen molar-refractivity contribution < 1.29 is 24.5 Å². The number of hydrogen-bond acceptors (Lipinski definition) is 5. The van der Waals surface area contributed by atoms with Gasteiger partial charge in [0.05, 0.1) is 11.1 Å². The van der Waals surface area contributed by atoms with Gasteiger partial charge in [0.15, 0.2) is 6.29 Å². The molecule has 0 saturated heterocycles. The number of aliphatic hydroxyl groups is 1. The maximum Gasteiger partial charge on any atom is 0.341 e. The zero-order valence-corrected chi connectivity index (χ0v) is 12.8. The number of aldehydes is 1. The minimum absolute atomic E-state index is 0.00215. The number of benzene rings is 2. The number of rotatable bonds is 4. The lowest BCUT2D eigenvalue weighted by Gasteiger charge is -2.24. The van der Waals surface area contributed by atoms with Crippen LogP contribution < -0.4 is 0 Å². The highest BCUT2D eigenvalue weighted by molar-refractivity contribution is 6.12. The van der Waals surface area contributed by atoms with Gasteiger partial charge in [0, 0.05) is 17.2 Å². The highest BCUT2D eigenvalue weighted by Gasteiger charge is 2.31. The fourth-order valence-electron chi connectivity index (χ4n) is 3.10. The van der Waals surface area contributed by atoms with E-state index < -0.39 is 12.3 Å². The normalized spacial score (nSPS) is 17.0. The largest absolute Gasteiger partial charge is 0.507 e. The SMILES string of the molecule is CCCCc1ccc2c(O)c(C=O)c3c(c2c1)C(=O)OC(O)C3. The molecule has 0 radical (unpaired) electrons. The third-order valence-electron chi connectivity index (χ3n) is 4.25. The van der Waals surface area contributed by atoms with E-state index in [1.807, 2.05) is 12.1 Å². The van der Waals surface area contributed by atoms with E-state index in [9.17, 15) is 19.8 Å². The first-order valence-electron chi connectivity index (χ1n) is 7.71. The van der Waals surface area contributed by atoms with Gasteiger partial charge in [-0.2, -0.15) is 0 Å². The van der Waals surface area contributed by atoms with Gasteiger partial charge in [-0.15, -0.1) is 0 Å². The number of esters is 1. The summed E-state index contributed by atoms with van der Waals surface area (Å²) in [5, 5.41) is 21.0. The summed E-state index contributed by atoms with van der Waals surface area (Å²) in [4.78, 5) is 23.6. The Hall–Kier alpha value is -2.40. The summed E-state index contributed by atoms with van der Waals surface area (Å²) < 4.78 is 4.90. The number of phenols is 1. The van der Waals surface area contributed by atoms with Crippen LogP contribution in [0.2, 0.25) is 0 Å². The molecule has 0 aliphatic carbocycles. The van der Waals surface area contributed by atoms with E-state index in [1.165, 1.54) is 0 Å². The summed E-state index contributed by atoms with van der Waals surface area (Å²) in [6.45, 7) is 2.10. The summed E-state index contributed by atoms with van der Waals surface area (Å²) in [6, 6.07) is 5.47. The number of fused-ring (bicyclic) bond motifs is 3. The Morgan fingerprint density at radius 1 is 1.35 bits per heavy atom. The average molecular weight is 314 g/mol. The molecule has 0 amide bonds. The van der Waals surface area contributed by atoms with Crippen molar-refractivity contribution in [2.45, 2.75) is 38.9 Å². The van der Waals surface area contributed by atoms with Crippen LogP contribution in [0.4, 0.5) is 0 Å². The van der Waals surface area contributed by atoms with Gasteiger partial charge in [0.2, 0.25) is 6.29 Å². The van der Waals surface area contributed by atoms with Gasteiger partial charge in [-0.05, 0) is 24.0 Å². The zero-order chi connectivity index (χ0) is 16.6. The zero-order valence-electron chi connectivity index (χ0n) is 12.8. The van der Waals surface area contributed by atoms with Crippen LogP contribution in [0.15, 0.2) is 18.2 Å².